The zero-order valence-electron chi connectivity index (χ0n) is 35.3. The Labute approximate surface area is 348 Å². The number of carbonyl (C=O) groups is 6. The zero-order chi connectivity index (χ0) is 44.2. The van der Waals surface area contributed by atoms with Crippen molar-refractivity contribution in [3.05, 3.63) is 95.6 Å². The molecule has 1 saturated carbocycles. The number of hydrogen-bond donors (Lipinski definition) is 4. The number of nitrogens with one attached hydrogen (secondary N) is 2. The van der Waals surface area contributed by atoms with Gasteiger partial charge in [-0.25, -0.2) is 14.4 Å². The molecule has 1 unspecified atom stereocenters. The number of urea groups is 1. The summed E-state index contributed by atoms with van der Waals surface area (Å²) in [5.74, 6) is -11.0. The Balaban J connectivity index is 1.67. The molecule has 0 spiro atoms. The molecule has 2 fully saturated rings. The molecule has 2 aromatic carbocycles. The fourth-order valence-electron chi connectivity index (χ4n) is 9.73. The number of Topliss-reactive ketones (excluding diaryl/α,β-unsaturated/α-hetero) is 1. The standard InChI is InChI=1S/C45H54N2O13/c1-25-20-23-44(55)41(7,8)31(25)34(57-26(2)48)35(51)42(9)22-21-30-43(24-56-30,58-27(3)49)38(42)45(44,59-36(52)29-18-14-11-15-19-29)60-37(53)33(50)32(28-16-12-10-13-17-28)46-39(54)47-40(4,5)6/h10-22,30-34,38,50,55H,23-24H2,1-9H3,(H2,46,47,54)/t30-,31?,32+,33-,34-,38-,42+,43+,44+,45+/m1/s1. The summed E-state index contributed by atoms with van der Waals surface area (Å²) in [4.78, 5) is 84.7. The van der Waals surface area contributed by atoms with Crippen molar-refractivity contribution in [2.24, 2.45) is 22.7 Å². The summed E-state index contributed by atoms with van der Waals surface area (Å²) < 4.78 is 31.0. The Hall–Kier alpha value is -5.38. The van der Waals surface area contributed by atoms with Crippen LogP contribution in [0.5, 0.6) is 0 Å². The maximum atomic E-state index is 15.5. The maximum Gasteiger partial charge on any atom is 0.341 e. The van der Waals surface area contributed by atoms with Crippen LogP contribution >= 0.6 is 0 Å². The third kappa shape index (κ3) is 7.30. The normalized spacial score (nSPS) is 32.4. The first-order valence-corrected chi connectivity index (χ1v) is 19.9. The lowest BCUT2D eigenvalue weighted by Crippen LogP contribution is -2.84. The van der Waals surface area contributed by atoms with Gasteiger partial charge in [0.15, 0.2) is 29.2 Å². The molecule has 322 valence electrons. The van der Waals surface area contributed by atoms with Crippen molar-refractivity contribution in [3.8, 4) is 0 Å². The summed E-state index contributed by atoms with van der Waals surface area (Å²) in [6, 6.07) is 13.5. The Kier molecular flexibility index (Phi) is 11.5. The molecule has 15 heteroatoms. The second-order valence-corrected chi connectivity index (χ2v) is 18.0. The zero-order valence-corrected chi connectivity index (χ0v) is 35.3. The average molecular weight is 831 g/mol. The molecule has 60 heavy (non-hydrogen) atoms. The maximum absolute atomic E-state index is 15.5. The van der Waals surface area contributed by atoms with Crippen molar-refractivity contribution in [1.29, 1.82) is 0 Å². The van der Waals surface area contributed by atoms with Gasteiger partial charge in [-0.3, -0.25) is 14.4 Å². The van der Waals surface area contributed by atoms with Crippen molar-refractivity contribution in [2.45, 2.75) is 116 Å². The van der Waals surface area contributed by atoms with Crippen LogP contribution in [0.3, 0.4) is 0 Å². The Bertz CT molecular complexity index is 2110. The minimum Gasteiger partial charge on any atom is -0.454 e. The predicted octanol–water partition coefficient (Wildman–Crippen LogP) is 4.41. The number of fused-ring (bicyclic) bond motifs is 5. The number of aliphatic hydroxyl groups excluding tert-OH is 1. The van der Waals surface area contributed by atoms with Gasteiger partial charge in [-0.15, -0.1) is 0 Å². The Morgan fingerprint density at radius 3 is 2.07 bits per heavy atom. The van der Waals surface area contributed by atoms with Crippen molar-refractivity contribution in [3.63, 3.8) is 0 Å². The number of rotatable bonds is 9. The molecule has 6 rings (SSSR count). The molecule has 1 heterocycles. The van der Waals surface area contributed by atoms with E-state index in [2.05, 4.69) is 10.6 Å². The largest absolute Gasteiger partial charge is 0.454 e. The van der Waals surface area contributed by atoms with E-state index in [-0.39, 0.29) is 17.5 Å². The van der Waals surface area contributed by atoms with Gasteiger partial charge >= 0.3 is 29.9 Å². The quantitative estimate of drug-likeness (QED) is 0.120. The molecule has 15 nitrogen and oxygen atoms in total. The van der Waals surface area contributed by atoms with Crippen LogP contribution in [0.2, 0.25) is 0 Å². The number of aliphatic hydroxyl groups is 2. The molecule has 3 aliphatic carbocycles. The van der Waals surface area contributed by atoms with Crippen LogP contribution in [0.15, 0.2) is 84.5 Å². The van der Waals surface area contributed by atoms with Gasteiger partial charge in [0.25, 0.3) is 5.79 Å². The van der Waals surface area contributed by atoms with Crippen LogP contribution in [-0.2, 0) is 42.9 Å². The first-order chi connectivity index (χ1) is 27.9. The van der Waals surface area contributed by atoms with Crippen LogP contribution in [0.1, 0.15) is 90.7 Å². The van der Waals surface area contributed by atoms with Crippen molar-refractivity contribution >= 4 is 35.7 Å². The van der Waals surface area contributed by atoms with Crippen molar-refractivity contribution in [2.75, 3.05) is 6.61 Å². The highest BCUT2D eigenvalue weighted by Gasteiger charge is 2.83. The van der Waals surface area contributed by atoms with E-state index in [9.17, 15) is 29.4 Å². The molecule has 10 atom stereocenters. The minimum atomic E-state index is -3.04. The fourth-order valence-corrected chi connectivity index (χ4v) is 9.73. The van der Waals surface area contributed by atoms with Crippen molar-refractivity contribution < 1.29 is 62.7 Å². The number of hydrogen-bond acceptors (Lipinski definition) is 13. The van der Waals surface area contributed by atoms with Crippen LogP contribution in [0.25, 0.3) is 0 Å². The molecule has 0 radical (unpaired) electrons. The van der Waals surface area contributed by atoms with E-state index in [0.29, 0.717) is 5.57 Å². The van der Waals surface area contributed by atoms with Gasteiger partial charge in [0.1, 0.15) is 12.0 Å². The second kappa shape index (κ2) is 15.6. The molecule has 1 aliphatic heterocycles. The van der Waals surface area contributed by atoms with Gasteiger partial charge in [-0.05, 0) is 52.3 Å². The third-order valence-electron chi connectivity index (χ3n) is 12.4. The van der Waals surface area contributed by atoms with Crippen LogP contribution in [0, 0.1) is 22.7 Å². The third-order valence-corrected chi connectivity index (χ3v) is 12.4. The van der Waals surface area contributed by atoms with E-state index in [1.54, 1.807) is 96.1 Å². The molecule has 4 aliphatic rings. The molecule has 0 aromatic heterocycles. The SMILES string of the molecule is CC(=O)O[C@H]1C(=O)[C@]2(C)C=C[C@H]3OC[C@@]3(OC(C)=O)[C@@H]2[C@](OC(=O)c2ccccc2)(OC(=O)[C@H](O)[C@@H](NC(=O)NC(C)(C)C)c2ccccc2)[C@]2(O)CC=C(C)C1C2(C)C. The van der Waals surface area contributed by atoms with Gasteiger partial charge in [0.2, 0.25) is 0 Å². The fraction of sp³-hybridized carbons (Fsp3) is 0.511. The van der Waals surface area contributed by atoms with Crippen LogP contribution < -0.4 is 10.6 Å². The smallest absolute Gasteiger partial charge is 0.341 e. The Morgan fingerprint density at radius 2 is 1.52 bits per heavy atom. The predicted molar refractivity (Wildman–Crippen MR) is 213 cm³/mol. The van der Waals surface area contributed by atoms with E-state index in [4.69, 9.17) is 23.7 Å². The molecule has 4 N–H and O–H groups in total. The van der Waals surface area contributed by atoms with Gasteiger partial charge in [0, 0.05) is 37.1 Å². The highest BCUT2D eigenvalue weighted by atomic mass is 16.8. The highest BCUT2D eigenvalue weighted by molar-refractivity contribution is 5.95. The summed E-state index contributed by atoms with van der Waals surface area (Å²) >= 11 is 0. The van der Waals surface area contributed by atoms with Crippen molar-refractivity contribution in [1.82, 2.24) is 10.6 Å². The highest BCUT2D eigenvalue weighted by Crippen LogP contribution is 2.67. The number of esters is 4. The monoisotopic (exact) mass is 830 g/mol. The second-order valence-electron chi connectivity index (χ2n) is 18.0. The van der Waals surface area contributed by atoms with E-state index in [1.165, 1.54) is 31.2 Å². The number of carbonyl (C=O) groups excluding carboxylic acids is 6. The number of ether oxygens (including phenoxy) is 5. The topological polar surface area (TPSA) is 213 Å². The molecule has 2 bridgehead atoms. The lowest BCUT2D eigenvalue weighted by atomic mass is 9.44. The first kappa shape index (κ1) is 44.2. The summed E-state index contributed by atoms with van der Waals surface area (Å²) in [5.41, 5.74) is -8.25. The summed E-state index contributed by atoms with van der Waals surface area (Å²) in [6.45, 7) is 13.3. The molecular formula is C45H54N2O13. The van der Waals surface area contributed by atoms with Gasteiger partial charge in [-0.1, -0.05) is 86.2 Å². The first-order valence-electron chi connectivity index (χ1n) is 19.9. The van der Waals surface area contributed by atoms with Gasteiger partial charge < -0.3 is 44.5 Å². The summed E-state index contributed by atoms with van der Waals surface area (Å²) in [7, 11) is 0. The molecular weight excluding hydrogens is 776 g/mol. The minimum absolute atomic E-state index is 0.0428. The van der Waals surface area contributed by atoms with E-state index < -0.39 is 112 Å². The number of ketones is 1. The molecule has 2 aromatic rings. The Morgan fingerprint density at radius 1 is 0.900 bits per heavy atom. The van der Waals surface area contributed by atoms with Gasteiger partial charge in [0.05, 0.1) is 23.6 Å². The summed E-state index contributed by atoms with van der Waals surface area (Å²) in [5, 5.41) is 31.4. The van der Waals surface area contributed by atoms with E-state index >= 15 is 9.59 Å². The van der Waals surface area contributed by atoms with Crippen LogP contribution in [0.4, 0.5) is 4.79 Å². The number of allylic oxidation sites excluding steroid dienone is 1. The number of amides is 2. The molecule has 2 amide bonds. The lowest BCUT2D eigenvalue weighted by Gasteiger charge is -2.68. The van der Waals surface area contributed by atoms with Crippen LogP contribution in [-0.4, -0.2) is 93.4 Å². The molecule has 1 saturated heterocycles. The van der Waals surface area contributed by atoms with Gasteiger partial charge in [-0.2, -0.15) is 0 Å². The lowest BCUT2D eigenvalue weighted by molar-refractivity contribution is -0.397. The summed E-state index contributed by atoms with van der Waals surface area (Å²) in [6.07, 6.45) is -0.825. The van der Waals surface area contributed by atoms with E-state index in [1.807, 2.05) is 0 Å². The number of benzene rings is 2. The average Bonchev–Trinajstić information content (AvgIpc) is 3.15. The van der Waals surface area contributed by atoms with E-state index in [0.717, 1.165) is 13.8 Å².